The molecule has 0 N–H and O–H groups in total. The van der Waals surface area contributed by atoms with Gasteiger partial charge in [-0.3, -0.25) is 9.78 Å². The van der Waals surface area contributed by atoms with Gasteiger partial charge in [0.1, 0.15) is 5.69 Å². The first-order valence-electron chi connectivity index (χ1n) is 10.5. The smallest absolute Gasteiger partial charge is 0.273 e. The maximum atomic E-state index is 13.6. The quantitative estimate of drug-likeness (QED) is 0.603. The van der Waals surface area contributed by atoms with E-state index in [9.17, 15) is 4.79 Å². The number of aromatic nitrogens is 1. The van der Waals surface area contributed by atoms with E-state index in [4.69, 9.17) is 0 Å². The molecule has 5 rings (SSSR count). The summed E-state index contributed by atoms with van der Waals surface area (Å²) < 4.78 is 0. The first-order chi connectivity index (χ1) is 13.8. The third kappa shape index (κ3) is 2.99. The van der Waals surface area contributed by atoms with Crippen molar-refractivity contribution >= 4 is 16.7 Å². The molecule has 3 atom stereocenters. The minimum atomic E-state index is 0.111. The SMILES string of the molecule is O=C(c1nccc2ccccc12)N1CC[C@H](c2ccccc2)[C@H]2CCCC[C@H]21. The number of piperidine rings is 1. The van der Waals surface area contributed by atoms with Gasteiger partial charge in [0.2, 0.25) is 0 Å². The predicted octanol–water partition coefficient (Wildman–Crippen LogP) is 5.42. The number of rotatable bonds is 2. The van der Waals surface area contributed by atoms with Crippen LogP contribution in [0.15, 0.2) is 66.9 Å². The van der Waals surface area contributed by atoms with Gasteiger partial charge in [-0.2, -0.15) is 0 Å². The number of carbonyl (C=O) groups is 1. The Morgan fingerprint density at radius 1 is 0.893 bits per heavy atom. The molecular formula is C25H26N2O. The fraction of sp³-hybridized carbons (Fsp3) is 0.360. The van der Waals surface area contributed by atoms with Crippen molar-refractivity contribution in [3.05, 3.63) is 78.1 Å². The zero-order chi connectivity index (χ0) is 18.9. The molecule has 2 fully saturated rings. The Hall–Kier alpha value is -2.68. The molecule has 3 nitrogen and oxygen atoms in total. The van der Waals surface area contributed by atoms with Crippen LogP contribution in [0.4, 0.5) is 0 Å². The van der Waals surface area contributed by atoms with Crippen LogP contribution >= 0.6 is 0 Å². The Labute approximate surface area is 166 Å². The molecule has 0 radical (unpaired) electrons. The molecule has 1 saturated carbocycles. The summed E-state index contributed by atoms with van der Waals surface area (Å²) in [4.78, 5) is 20.2. The summed E-state index contributed by atoms with van der Waals surface area (Å²) in [6.07, 6.45) is 7.64. The van der Waals surface area contributed by atoms with E-state index in [0.29, 0.717) is 23.6 Å². The van der Waals surface area contributed by atoms with E-state index in [0.717, 1.165) is 30.2 Å². The number of likely N-dealkylation sites (tertiary alicyclic amines) is 1. The number of nitrogens with zero attached hydrogens (tertiary/aromatic N) is 2. The average molecular weight is 370 g/mol. The molecule has 2 aliphatic rings. The summed E-state index contributed by atoms with van der Waals surface area (Å²) in [6.45, 7) is 0.824. The normalized spacial score (nSPS) is 24.7. The summed E-state index contributed by atoms with van der Waals surface area (Å²) >= 11 is 0. The lowest BCUT2D eigenvalue weighted by molar-refractivity contribution is 0.0316. The topological polar surface area (TPSA) is 33.2 Å². The van der Waals surface area contributed by atoms with Crippen molar-refractivity contribution in [1.82, 2.24) is 9.88 Å². The van der Waals surface area contributed by atoms with Crippen LogP contribution in [0.1, 0.15) is 54.1 Å². The van der Waals surface area contributed by atoms with Crippen molar-refractivity contribution in [3.8, 4) is 0 Å². The van der Waals surface area contributed by atoms with Crippen LogP contribution < -0.4 is 0 Å². The summed E-state index contributed by atoms with van der Waals surface area (Å²) in [6, 6.07) is 21.3. The molecule has 1 aliphatic heterocycles. The van der Waals surface area contributed by atoms with Crippen LogP contribution in [0.3, 0.4) is 0 Å². The second-order valence-electron chi connectivity index (χ2n) is 8.20. The molecular weight excluding hydrogens is 344 g/mol. The van der Waals surface area contributed by atoms with E-state index >= 15 is 0 Å². The molecule has 1 saturated heterocycles. The molecule has 28 heavy (non-hydrogen) atoms. The van der Waals surface area contributed by atoms with Gasteiger partial charge in [-0.1, -0.05) is 67.4 Å². The highest BCUT2D eigenvalue weighted by Crippen LogP contribution is 2.44. The number of hydrogen-bond acceptors (Lipinski definition) is 2. The standard InChI is InChI=1S/C25H26N2O/c28-25(24-21-11-5-4-10-19(21)14-16-26-24)27-17-15-20(18-8-2-1-3-9-18)22-12-6-7-13-23(22)27/h1-5,8-11,14,16,20,22-23H,6-7,12-13,15,17H2/t20-,22-,23-/m1/s1. The minimum absolute atomic E-state index is 0.111. The highest BCUT2D eigenvalue weighted by molar-refractivity contribution is 6.05. The molecule has 1 aliphatic carbocycles. The fourth-order valence-electron chi connectivity index (χ4n) is 5.45. The Bertz CT molecular complexity index is 979. The van der Waals surface area contributed by atoms with Crippen LogP contribution in [-0.2, 0) is 0 Å². The minimum Gasteiger partial charge on any atom is -0.334 e. The summed E-state index contributed by atoms with van der Waals surface area (Å²) in [7, 11) is 0. The average Bonchev–Trinajstić information content (AvgIpc) is 2.78. The Kier molecular flexibility index (Phi) is 4.59. The molecule has 0 spiro atoms. The Balaban J connectivity index is 1.48. The van der Waals surface area contributed by atoms with Crippen LogP contribution in [0, 0.1) is 5.92 Å². The van der Waals surface area contributed by atoms with E-state index in [1.807, 2.05) is 24.3 Å². The van der Waals surface area contributed by atoms with E-state index in [1.165, 1.54) is 24.8 Å². The number of pyridine rings is 1. The molecule has 0 unspecified atom stereocenters. The van der Waals surface area contributed by atoms with Gasteiger partial charge < -0.3 is 4.90 Å². The van der Waals surface area contributed by atoms with Crippen molar-refractivity contribution in [3.63, 3.8) is 0 Å². The van der Waals surface area contributed by atoms with Crippen molar-refractivity contribution in [2.24, 2.45) is 5.92 Å². The summed E-state index contributed by atoms with van der Waals surface area (Å²) in [5, 5.41) is 2.05. The third-order valence-electron chi connectivity index (χ3n) is 6.74. The third-order valence-corrected chi connectivity index (χ3v) is 6.74. The Morgan fingerprint density at radius 2 is 1.68 bits per heavy atom. The van der Waals surface area contributed by atoms with Crippen LogP contribution in [0.2, 0.25) is 0 Å². The van der Waals surface area contributed by atoms with Gasteiger partial charge in [0.15, 0.2) is 0 Å². The molecule has 0 bridgehead atoms. The maximum absolute atomic E-state index is 13.6. The molecule has 1 amide bonds. The Morgan fingerprint density at radius 3 is 2.57 bits per heavy atom. The largest absolute Gasteiger partial charge is 0.334 e. The highest BCUT2D eigenvalue weighted by atomic mass is 16.2. The number of fused-ring (bicyclic) bond motifs is 2. The van der Waals surface area contributed by atoms with Gasteiger partial charge in [-0.25, -0.2) is 0 Å². The van der Waals surface area contributed by atoms with Gasteiger partial charge in [0.25, 0.3) is 5.91 Å². The number of hydrogen-bond donors (Lipinski definition) is 0. The van der Waals surface area contributed by atoms with Gasteiger partial charge in [0.05, 0.1) is 0 Å². The number of benzene rings is 2. The lowest BCUT2D eigenvalue weighted by Gasteiger charge is -2.48. The maximum Gasteiger partial charge on any atom is 0.273 e. The monoisotopic (exact) mass is 370 g/mol. The lowest BCUT2D eigenvalue weighted by Crippen LogP contribution is -2.52. The second kappa shape index (κ2) is 7.38. The first-order valence-corrected chi connectivity index (χ1v) is 10.5. The van der Waals surface area contributed by atoms with E-state index in [-0.39, 0.29) is 5.91 Å². The van der Waals surface area contributed by atoms with E-state index < -0.39 is 0 Å². The van der Waals surface area contributed by atoms with Crippen molar-refractivity contribution in [2.75, 3.05) is 6.54 Å². The van der Waals surface area contributed by atoms with Crippen LogP contribution in [-0.4, -0.2) is 28.4 Å². The first kappa shape index (κ1) is 17.4. The molecule has 2 heterocycles. The molecule has 142 valence electrons. The highest BCUT2D eigenvalue weighted by Gasteiger charge is 2.42. The second-order valence-corrected chi connectivity index (χ2v) is 8.20. The molecule has 3 heteroatoms. The van der Waals surface area contributed by atoms with Crippen molar-refractivity contribution in [1.29, 1.82) is 0 Å². The van der Waals surface area contributed by atoms with Gasteiger partial charge in [-0.15, -0.1) is 0 Å². The molecule has 2 aromatic carbocycles. The zero-order valence-corrected chi connectivity index (χ0v) is 16.1. The predicted molar refractivity (Wildman–Crippen MR) is 112 cm³/mol. The lowest BCUT2D eigenvalue weighted by atomic mass is 9.69. The van der Waals surface area contributed by atoms with Crippen LogP contribution in [0.5, 0.6) is 0 Å². The van der Waals surface area contributed by atoms with Gasteiger partial charge in [-0.05, 0) is 48.1 Å². The molecule has 1 aromatic heterocycles. The summed E-state index contributed by atoms with van der Waals surface area (Å²) in [5.41, 5.74) is 2.05. The summed E-state index contributed by atoms with van der Waals surface area (Å²) in [5.74, 6) is 1.24. The van der Waals surface area contributed by atoms with E-state index in [2.05, 4.69) is 46.3 Å². The van der Waals surface area contributed by atoms with Crippen molar-refractivity contribution < 1.29 is 4.79 Å². The van der Waals surface area contributed by atoms with Gasteiger partial charge in [0, 0.05) is 24.2 Å². The van der Waals surface area contributed by atoms with Crippen molar-refractivity contribution in [2.45, 2.75) is 44.1 Å². The van der Waals surface area contributed by atoms with E-state index in [1.54, 1.807) is 6.20 Å². The fourth-order valence-corrected chi connectivity index (χ4v) is 5.45. The number of carbonyl (C=O) groups excluding carboxylic acids is 1. The number of amides is 1. The van der Waals surface area contributed by atoms with Gasteiger partial charge >= 0.3 is 0 Å². The zero-order valence-electron chi connectivity index (χ0n) is 16.1. The molecule has 3 aromatic rings. The van der Waals surface area contributed by atoms with Crippen LogP contribution in [0.25, 0.3) is 10.8 Å².